The van der Waals surface area contributed by atoms with Crippen LogP contribution in [0.3, 0.4) is 0 Å². The van der Waals surface area contributed by atoms with E-state index in [0.717, 1.165) is 19.5 Å². The maximum absolute atomic E-state index is 12.0. The van der Waals surface area contributed by atoms with Crippen molar-refractivity contribution in [3.05, 3.63) is 12.7 Å². The van der Waals surface area contributed by atoms with Gasteiger partial charge in [0.1, 0.15) is 0 Å². The molecule has 1 fully saturated rings. The third kappa shape index (κ3) is 2.35. The Morgan fingerprint density at radius 2 is 2.43 bits per heavy atom. The maximum Gasteiger partial charge on any atom is 0.240 e. The molecule has 1 aliphatic rings. The molecule has 0 bridgehead atoms. The number of rotatable bonds is 4. The second-order valence-corrected chi connectivity index (χ2v) is 3.86. The lowest BCUT2D eigenvalue weighted by Gasteiger charge is -2.24. The van der Waals surface area contributed by atoms with Crippen LogP contribution in [0.25, 0.3) is 0 Å². The van der Waals surface area contributed by atoms with Gasteiger partial charge in [-0.3, -0.25) is 4.79 Å². The Bertz CT molecular complexity index is 215. The molecule has 1 amide bonds. The van der Waals surface area contributed by atoms with Crippen molar-refractivity contribution in [3.63, 3.8) is 0 Å². The number of likely N-dealkylation sites (N-methyl/N-ethyl adjacent to an activating group) is 1. The number of carbonyl (C=O) groups excluding carboxylic acids is 1. The van der Waals surface area contributed by atoms with Crippen LogP contribution >= 0.6 is 0 Å². The zero-order valence-corrected chi connectivity index (χ0v) is 9.12. The van der Waals surface area contributed by atoms with Gasteiger partial charge in [-0.05, 0) is 25.8 Å². The highest BCUT2D eigenvalue weighted by Gasteiger charge is 2.31. The van der Waals surface area contributed by atoms with Crippen LogP contribution in [0.15, 0.2) is 12.7 Å². The van der Waals surface area contributed by atoms with Crippen molar-refractivity contribution in [2.24, 2.45) is 5.92 Å². The summed E-state index contributed by atoms with van der Waals surface area (Å²) in [5.41, 5.74) is 0. The summed E-state index contributed by atoms with van der Waals surface area (Å²) in [6.07, 6.45) is 2.88. The molecule has 1 aliphatic heterocycles. The standard InChI is InChI=1S/C11H20N2O/c1-4-8-13(5-2)11(14)10-9(3)6-7-12-10/h4,9-10,12H,1,5-8H2,2-3H3. The van der Waals surface area contributed by atoms with Crippen LogP contribution in [0.4, 0.5) is 0 Å². The lowest BCUT2D eigenvalue weighted by molar-refractivity contribution is -0.133. The van der Waals surface area contributed by atoms with Crippen molar-refractivity contribution in [2.75, 3.05) is 19.6 Å². The zero-order chi connectivity index (χ0) is 10.6. The van der Waals surface area contributed by atoms with Crippen LogP contribution < -0.4 is 5.32 Å². The molecule has 1 saturated heterocycles. The van der Waals surface area contributed by atoms with Gasteiger partial charge in [0.15, 0.2) is 0 Å². The predicted molar refractivity (Wildman–Crippen MR) is 58.0 cm³/mol. The molecular weight excluding hydrogens is 176 g/mol. The van der Waals surface area contributed by atoms with Gasteiger partial charge in [0, 0.05) is 13.1 Å². The van der Waals surface area contributed by atoms with Crippen molar-refractivity contribution in [1.29, 1.82) is 0 Å². The topological polar surface area (TPSA) is 32.3 Å². The van der Waals surface area contributed by atoms with E-state index in [0.29, 0.717) is 12.5 Å². The Kier molecular flexibility index (Phi) is 4.14. The molecule has 0 aliphatic carbocycles. The lowest BCUT2D eigenvalue weighted by Crippen LogP contribution is -2.45. The minimum absolute atomic E-state index is 0.0231. The van der Waals surface area contributed by atoms with Crippen LogP contribution in [-0.2, 0) is 4.79 Å². The van der Waals surface area contributed by atoms with Crippen molar-refractivity contribution in [2.45, 2.75) is 26.3 Å². The summed E-state index contributed by atoms with van der Waals surface area (Å²) in [5, 5.41) is 3.25. The van der Waals surface area contributed by atoms with Crippen LogP contribution in [-0.4, -0.2) is 36.5 Å². The van der Waals surface area contributed by atoms with E-state index in [2.05, 4.69) is 18.8 Å². The Morgan fingerprint density at radius 3 is 2.86 bits per heavy atom. The smallest absolute Gasteiger partial charge is 0.240 e. The summed E-state index contributed by atoms with van der Waals surface area (Å²) in [7, 11) is 0. The van der Waals surface area contributed by atoms with Gasteiger partial charge < -0.3 is 10.2 Å². The van der Waals surface area contributed by atoms with Gasteiger partial charge in [0.05, 0.1) is 6.04 Å². The predicted octanol–water partition coefficient (Wildman–Crippen LogP) is 1.02. The molecule has 0 spiro atoms. The van der Waals surface area contributed by atoms with Gasteiger partial charge in [0.2, 0.25) is 5.91 Å². The summed E-state index contributed by atoms with van der Waals surface area (Å²) in [6, 6.07) is 0.0231. The number of amides is 1. The molecular formula is C11H20N2O. The monoisotopic (exact) mass is 196 g/mol. The molecule has 0 radical (unpaired) electrons. The molecule has 80 valence electrons. The van der Waals surface area contributed by atoms with E-state index in [1.807, 2.05) is 11.8 Å². The molecule has 2 atom stereocenters. The summed E-state index contributed by atoms with van der Waals surface area (Å²) < 4.78 is 0. The second kappa shape index (κ2) is 5.15. The summed E-state index contributed by atoms with van der Waals surface area (Å²) in [5.74, 6) is 0.679. The van der Waals surface area contributed by atoms with E-state index in [9.17, 15) is 4.79 Å². The summed E-state index contributed by atoms with van der Waals surface area (Å²) >= 11 is 0. The molecule has 3 nitrogen and oxygen atoms in total. The van der Waals surface area contributed by atoms with Crippen molar-refractivity contribution >= 4 is 5.91 Å². The number of carbonyl (C=O) groups is 1. The van der Waals surface area contributed by atoms with Crippen LogP contribution in [0.1, 0.15) is 20.3 Å². The minimum atomic E-state index is 0.0231. The van der Waals surface area contributed by atoms with E-state index in [-0.39, 0.29) is 11.9 Å². The molecule has 1 N–H and O–H groups in total. The average molecular weight is 196 g/mol. The van der Waals surface area contributed by atoms with Gasteiger partial charge in [-0.15, -0.1) is 6.58 Å². The number of nitrogens with zero attached hydrogens (tertiary/aromatic N) is 1. The fourth-order valence-electron chi connectivity index (χ4n) is 1.89. The normalized spacial score (nSPS) is 26.1. The third-order valence-electron chi connectivity index (χ3n) is 2.84. The van der Waals surface area contributed by atoms with E-state index in [1.165, 1.54) is 0 Å². The number of hydrogen-bond acceptors (Lipinski definition) is 2. The van der Waals surface area contributed by atoms with Gasteiger partial charge >= 0.3 is 0 Å². The van der Waals surface area contributed by atoms with E-state index in [1.54, 1.807) is 6.08 Å². The molecule has 2 unspecified atom stereocenters. The molecule has 0 aromatic carbocycles. The van der Waals surface area contributed by atoms with E-state index in [4.69, 9.17) is 0 Å². The third-order valence-corrected chi connectivity index (χ3v) is 2.84. The highest BCUT2D eigenvalue weighted by molar-refractivity contribution is 5.82. The van der Waals surface area contributed by atoms with Gasteiger partial charge in [0.25, 0.3) is 0 Å². The van der Waals surface area contributed by atoms with Crippen molar-refractivity contribution in [1.82, 2.24) is 10.2 Å². The molecule has 0 saturated carbocycles. The molecule has 1 rings (SSSR count). The largest absolute Gasteiger partial charge is 0.338 e. The van der Waals surface area contributed by atoms with E-state index < -0.39 is 0 Å². The first kappa shape index (κ1) is 11.2. The van der Waals surface area contributed by atoms with Crippen LogP contribution in [0.2, 0.25) is 0 Å². The van der Waals surface area contributed by atoms with Crippen LogP contribution in [0, 0.1) is 5.92 Å². The first-order valence-corrected chi connectivity index (χ1v) is 5.33. The van der Waals surface area contributed by atoms with Gasteiger partial charge in [-0.2, -0.15) is 0 Å². The van der Waals surface area contributed by atoms with Crippen LogP contribution in [0.5, 0.6) is 0 Å². The lowest BCUT2D eigenvalue weighted by atomic mass is 10.0. The summed E-state index contributed by atoms with van der Waals surface area (Å²) in [4.78, 5) is 13.8. The molecule has 0 aromatic rings. The SMILES string of the molecule is C=CCN(CC)C(=O)C1NCCC1C. The molecule has 0 aromatic heterocycles. The Hall–Kier alpha value is -0.830. The number of hydrogen-bond donors (Lipinski definition) is 1. The minimum Gasteiger partial charge on any atom is -0.338 e. The summed E-state index contributed by atoms with van der Waals surface area (Å²) in [6.45, 7) is 10.2. The average Bonchev–Trinajstić information content (AvgIpc) is 2.59. The number of nitrogens with one attached hydrogen (secondary N) is 1. The fraction of sp³-hybridized carbons (Fsp3) is 0.727. The molecule has 14 heavy (non-hydrogen) atoms. The Labute approximate surface area is 86.2 Å². The molecule has 3 heteroatoms. The fourth-order valence-corrected chi connectivity index (χ4v) is 1.89. The first-order valence-electron chi connectivity index (χ1n) is 5.33. The Morgan fingerprint density at radius 1 is 1.71 bits per heavy atom. The van der Waals surface area contributed by atoms with Gasteiger partial charge in [-0.25, -0.2) is 0 Å². The first-order chi connectivity index (χ1) is 6.70. The quantitative estimate of drug-likeness (QED) is 0.681. The van der Waals surface area contributed by atoms with Gasteiger partial charge in [-0.1, -0.05) is 13.0 Å². The second-order valence-electron chi connectivity index (χ2n) is 3.86. The Balaban J connectivity index is 2.57. The molecule has 1 heterocycles. The van der Waals surface area contributed by atoms with E-state index >= 15 is 0 Å². The van der Waals surface area contributed by atoms with Crippen molar-refractivity contribution < 1.29 is 4.79 Å². The zero-order valence-electron chi connectivity index (χ0n) is 9.12. The highest BCUT2D eigenvalue weighted by Crippen LogP contribution is 2.16. The highest BCUT2D eigenvalue weighted by atomic mass is 16.2. The van der Waals surface area contributed by atoms with Crippen molar-refractivity contribution in [3.8, 4) is 0 Å². The maximum atomic E-state index is 12.0.